The summed E-state index contributed by atoms with van der Waals surface area (Å²) in [6.45, 7) is 4.11. The highest BCUT2D eigenvalue weighted by atomic mass is 16.5. The summed E-state index contributed by atoms with van der Waals surface area (Å²) < 4.78 is 10.4. The zero-order valence-electron chi connectivity index (χ0n) is 10.3. The number of hydrogen-bond acceptors (Lipinski definition) is 4. The van der Waals surface area contributed by atoms with Gasteiger partial charge in [0.2, 0.25) is 5.96 Å². The lowest BCUT2D eigenvalue weighted by Gasteiger charge is -2.26. The molecule has 0 amide bonds. The van der Waals surface area contributed by atoms with Crippen molar-refractivity contribution in [1.29, 1.82) is 0 Å². The summed E-state index contributed by atoms with van der Waals surface area (Å²) in [5, 5.41) is 0. The van der Waals surface area contributed by atoms with Crippen molar-refractivity contribution in [1.82, 2.24) is 10.3 Å². The number of ether oxygens (including phenoxy) is 2. The summed E-state index contributed by atoms with van der Waals surface area (Å²) in [4.78, 5) is 6.48. The minimum atomic E-state index is 0.0841. The maximum atomic E-state index is 5.48. The third kappa shape index (κ3) is 3.62. The normalized spacial score (nSPS) is 23.2. The molecule has 6 heteroatoms. The molecule has 6 nitrogen and oxygen atoms in total. The number of rotatable bonds is 4. The molecule has 0 spiro atoms. The van der Waals surface area contributed by atoms with Gasteiger partial charge in [0, 0.05) is 20.8 Å². The molecule has 0 radical (unpaired) electrons. The number of aliphatic imine (C=N–C) groups is 1. The van der Waals surface area contributed by atoms with Crippen molar-refractivity contribution in [2.75, 3.05) is 34.0 Å². The van der Waals surface area contributed by atoms with Gasteiger partial charge >= 0.3 is 0 Å². The molecular weight excluding hydrogens is 208 g/mol. The van der Waals surface area contributed by atoms with E-state index in [2.05, 4.69) is 10.4 Å². The van der Waals surface area contributed by atoms with Crippen LogP contribution in [0.5, 0.6) is 0 Å². The summed E-state index contributed by atoms with van der Waals surface area (Å²) in [7, 11) is 3.63. The molecule has 3 N–H and O–H groups in total. The lowest BCUT2D eigenvalue weighted by molar-refractivity contribution is 0.176. The first-order chi connectivity index (χ1) is 7.69. The smallest absolute Gasteiger partial charge is 0.208 e. The highest BCUT2D eigenvalue weighted by Gasteiger charge is 2.22. The number of methoxy groups -OCH3 is 1. The van der Waals surface area contributed by atoms with Gasteiger partial charge in [-0.05, 0) is 13.3 Å². The average molecular weight is 230 g/mol. The van der Waals surface area contributed by atoms with Crippen LogP contribution >= 0.6 is 0 Å². The Morgan fingerprint density at radius 3 is 3.00 bits per heavy atom. The molecule has 1 saturated heterocycles. The molecule has 1 rings (SSSR count). The molecule has 0 aliphatic carbocycles. The van der Waals surface area contributed by atoms with E-state index in [1.54, 1.807) is 7.11 Å². The summed E-state index contributed by atoms with van der Waals surface area (Å²) in [6.07, 6.45) is 1.01. The van der Waals surface area contributed by atoms with E-state index >= 15 is 0 Å². The van der Waals surface area contributed by atoms with E-state index in [4.69, 9.17) is 15.3 Å². The van der Waals surface area contributed by atoms with Crippen LogP contribution in [-0.4, -0.2) is 56.9 Å². The third-order valence-corrected chi connectivity index (χ3v) is 2.67. The summed E-state index contributed by atoms with van der Waals surface area (Å²) in [5.74, 6) is 6.16. The van der Waals surface area contributed by atoms with Gasteiger partial charge in [0.25, 0.3) is 0 Å². The van der Waals surface area contributed by atoms with Crippen LogP contribution in [0.3, 0.4) is 0 Å². The van der Waals surface area contributed by atoms with Gasteiger partial charge in [-0.25, -0.2) is 10.8 Å². The number of nitrogens with zero attached hydrogens (tertiary/aromatic N) is 2. The van der Waals surface area contributed by atoms with Crippen LogP contribution in [0.15, 0.2) is 4.99 Å². The van der Waals surface area contributed by atoms with Crippen molar-refractivity contribution in [3.05, 3.63) is 0 Å². The minimum Gasteiger partial charge on any atom is -0.382 e. The number of guanidine groups is 1. The van der Waals surface area contributed by atoms with Crippen molar-refractivity contribution >= 4 is 5.96 Å². The Bertz CT molecular complexity index is 229. The molecule has 16 heavy (non-hydrogen) atoms. The van der Waals surface area contributed by atoms with E-state index in [1.165, 1.54) is 0 Å². The topological polar surface area (TPSA) is 72.1 Å². The fraction of sp³-hybridized carbons (Fsp3) is 0.900. The van der Waals surface area contributed by atoms with Crippen molar-refractivity contribution in [2.45, 2.75) is 25.4 Å². The fourth-order valence-electron chi connectivity index (χ4n) is 1.72. The Morgan fingerprint density at radius 1 is 1.75 bits per heavy atom. The first kappa shape index (κ1) is 13.2. The van der Waals surface area contributed by atoms with Crippen LogP contribution < -0.4 is 11.3 Å². The standard InChI is InChI=1S/C10H22N4O2/c1-8(6-15-3)12-10(13-11)14(2)9-4-5-16-7-9/h8-9H,4-7,11H2,1-3H3,(H,12,13). The van der Waals surface area contributed by atoms with Gasteiger partial charge in [-0.2, -0.15) is 0 Å². The second-order valence-corrected chi connectivity index (χ2v) is 4.03. The van der Waals surface area contributed by atoms with Gasteiger partial charge in [-0.3, -0.25) is 5.43 Å². The van der Waals surface area contributed by atoms with Crippen LogP contribution in [0.25, 0.3) is 0 Å². The summed E-state index contributed by atoms with van der Waals surface area (Å²) in [5.41, 5.74) is 2.63. The molecule has 1 heterocycles. The number of likely N-dealkylation sites (N-methyl/N-ethyl adjacent to an activating group) is 1. The molecule has 1 fully saturated rings. The van der Waals surface area contributed by atoms with E-state index in [9.17, 15) is 0 Å². The second-order valence-electron chi connectivity index (χ2n) is 4.03. The predicted octanol–water partition coefficient (Wildman–Crippen LogP) is -0.439. The van der Waals surface area contributed by atoms with E-state index < -0.39 is 0 Å². The molecule has 0 aromatic rings. The lowest BCUT2D eigenvalue weighted by Crippen LogP contribution is -2.48. The Morgan fingerprint density at radius 2 is 2.50 bits per heavy atom. The van der Waals surface area contributed by atoms with Crippen molar-refractivity contribution in [3.8, 4) is 0 Å². The monoisotopic (exact) mass is 230 g/mol. The second kappa shape index (κ2) is 6.67. The molecule has 2 atom stereocenters. The first-order valence-electron chi connectivity index (χ1n) is 5.53. The predicted molar refractivity (Wildman–Crippen MR) is 63.1 cm³/mol. The van der Waals surface area contributed by atoms with E-state index in [0.717, 1.165) is 19.6 Å². The Kier molecular flexibility index (Phi) is 5.51. The highest BCUT2D eigenvalue weighted by Crippen LogP contribution is 2.10. The maximum absolute atomic E-state index is 5.48. The molecule has 0 bridgehead atoms. The number of nitrogens with two attached hydrogens (primary N) is 1. The van der Waals surface area contributed by atoms with Gasteiger partial charge in [0.05, 0.1) is 25.3 Å². The zero-order chi connectivity index (χ0) is 12.0. The van der Waals surface area contributed by atoms with Crippen LogP contribution in [0.1, 0.15) is 13.3 Å². The minimum absolute atomic E-state index is 0.0841. The molecule has 0 aromatic heterocycles. The van der Waals surface area contributed by atoms with Crippen LogP contribution in [0.4, 0.5) is 0 Å². The number of hydrogen-bond donors (Lipinski definition) is 2. The van der Waals surface area contributed by atoms with Crippen LogP contribution in [-0.2, 0) is 9.47 Å². The lowest BCUT2D eigenvalue weighted by atomic mass is 10.2. The molecule has 0 saturated carbocycles. The van der Waals surface area contributed by atoms with Crippen LogP contribution in [0, 0.1) is 0 Å². The fourth-order valence-corrected chi connectivity index (χ4v) is 1.72. The molecule has 2 unspecified atom stereocenters. The van der Waals surface area contributed by atoms with Gasteiger partial charge in [-0.15, -0.1) is 0 Å². The highest BCUT2D eigenvalue weighted by molar-refractivity contribution is 5.79. The molecule has 1 aliphatic heterocycles. The molecule has 0 aromatic carbocycles. The van der Waals surface area contributed by atoms with E-state index in [-0.39, 0.29) is 6.04 Å². The quantitative estimate of drug-likeness (QED) is 0.296. The van der Waals surface area contributed by atoms with Gasteiger partial charge < -0.3 is 14.4 Å². The Hall–Kier alpha value is -0.850. The molecular formula is C10H22N4O2. The summed E-state index contributed by atoms with van der Waals surface area (Å²) in [6, 6.07) is 0.436. The van der Waals surface area contributed by atoms with E-state index in [0.29, 0.717) is 18.6 Å². The number of hydrazine groups is 1. The van der Waals surface area contributed by atoms with Gasteiger partial charge in [0.15, 0.2) is 0 Å². The third-order valence-electron chi connectivity index (χ3n) is 2.67. The SMILES string of the molecule is COCC(C)N=C(NN)N(C)C1CCOC1. The van der Waals surface area contributed by atoms with E-state index in [1.807, 2.05) is 18.9 Å². The first-order valence-corrected chi connectivity index (χ1v) is 5.53. The van der Waals surface area contributed by atoms with Crippen molar-refractivity contribution < 1.29 is 9.47 Å². The average Bonchev–Trinajstić information content (AvgIpc) is 2.78. The van der Waals surface area contributed by atoms with Crippen molar-refractivity contribution in [2.24, 2.45) is 10.8 Å². The zero-order valence-corrected chi connectivity index (χ0v) is 10.3. The number of nitrogens with one attached hydrogen (secondary N) is 1. The maximum Gasteiger partial charge on any atom is 0.208 e. The van der Waals surface area contributed by atoms with Gasteiger partial charge in [-0.1, -0.05) is 0 Å². The molecule has 94 valence electrons. The van der Waals surface area contributed by atoms with Gasteiger partial charge in [0.1, 0.15) is 0 Å². The largest absolute Gasteiger partial charge is 0.382 e. The molecule has 1 aliphatic rings. The Balaban J connectivity index is 2.57. The van der Waals surface area contributed by atoms with Crippen LogP contribution in [0.2, 0.25) is 0 Å². The summed E-state index contributed by atoms with van der Waals surface area (Å²) >= 11 is 0. The van der Waals surface area contributed by atoms with Crippen molar-refractivity contribution in [3.63, 3.8) is 0 Å². The Labute approximate surface area is 96.8 Å².